The molecule has 3 amide bonds. The Hall–Kier alpha value is -2.12. The lowest BCUT2D eigenvalue weighted by Gasteiger charge is -2.16. The van der Waals surface area contributed by atoms with E-state index in [1.807, 2.05) is 13.8 Å². The predicted molar refractivity (Wildman–Crippen MR) is 82.2 cm³/mol. The predicted octanol–water partition coefficient (Wildman–Crippen LogP) is 1.13. The summed E-state index contributed by atoms with van der Waals surface area (Å²) in [7, 11) is 1.47. The summed E-state index contributed by atoms with van der Waals surface area (Å²) >= 11 is 0. The Morgan fingerprint density at radius 2 is 1.76 bits per heavy atom. The molecule has 21 heavy (non-hydrogen) atoms. The lowest BCUT2D eigenvalue weighted by Crippen LogP contribution is -2.39. The van der Waals surface area contributed by atoms with E-state index >= 15 is 0 Å². The van der Waals surface area contributed by atoms with Gasteiger partial charge in [0.1, 0.15) is 6.04 Å². The summed E-state index contributed by atoms with van der Waals surface area (Å²) in [5.74, 6) is -0.379. The number of nitrogens with two attached hydrogens (primary N) is 1. The number of ether oxygens (including phenoxy) is 1. The largest absolute Gasteiger partial charge is 0.383 e. The van der Waals surface area contributed by atoms with Crippen LogP contribution >= 0.6 is 0 Å². The van der Waals surface area contributed by atoms with Crippen molar-refractivity contribution in [3.8, 4) is 0 Å². The number of methoxy groups -OCH3 is 1. The van der Waals surface area contributed by atoms with Crippen LogP contribution < -0.4 is 21.7 Å². The Balaban J connectivity index is 2.75. The van der Waals surface area contributed by atoms with Crippen molar-refractivity contribution in [2.24, 2.45) is 5.73 Å². The van der Waals surface area contributed by atoms with Crippen molar-refractivity contribution < 1.29 is 14.3 Å². The van der Waals surface area contributed by atoms with Crippen molar-refractivity contribution >= 4 is 23.3 Å². The molecule has 0 saturated heterocycles. The topological polar surface area (TPSA) is 105 Å². The summed E-state index contributed by atoms with van der Waals surface area (Å²) in [6.45, 7) is 3.84. The highest BCUT2D eigenvalue weighted by Crippen LogP contribution is 2.20. The Bertz CT molecular complexity index is 491. The average molecular weight is 294 g/mol. The van der Waals surface area contributed by atoms with Crippen LogP contribution in [-0.4, -0.2) is 37.7 Å². The summed E-state index contributed by atoms with van der Waals surface area (Å²) in [6, 6.07) is 5.79. The molecule has 5 N–H and O–H groups in total. The summed E-state index contributed by atoms with van der Waals surface area (Å²) in [5.41, 5.74) is 6.63. The second-order valence-corrected chi connectivity index (χ2v) is 4.85. The van der Waals surface area contributed by atoms with E-state index in [4.69, 9.17) is 10.5 Å². The lowest BCUT2D eigenvalue weighted by molar-refractivity contribution is -0.118. The van der Waals surface area contributed by atoms with Crippen LogP contribution in [-0.2, 0) is 9.53 Å². The second-order valence-electron chi connectivity index (χ2n) is 4.85. The summed E-state index contributed by atoms with van der Waals surface area (Å²) < 4.78 is 4.84. The van der Waals surface area contributed by atoms with Gasteiger partial charge in [-0.2, -0.15) is 0 Å². The molecule has 1 aromatic rings. The van der Waals surface area contributed by atoms with Crippen LogP contribution in [0.3, 0.4) is 0 Å². The molecule has 1 unspecified atom stereocenters. The number of hydrogen-bond donors (Lipinski definition) is 4. The molecule has 0 aliphatic heterocycles. The van der Waals surface area contributed by atoms with Crippen LogP contribution in [0, 0.1) is 0 Å². The summed E-state index contributed by atoms with van der Waals surface area (Å²) in [6.07, 6.45) is 0. The fourth-order valence-electron chi connectivity index (χ4n) is 1.60. The Kier molecular flexibility index (Phi) is 6.64. The summed E-state index contributed by atoms with van der Waals surface area (Å²) in [4.78, 5) is 23.6. The molecule has 1 aromatic carbocycles. The first kappa shape index (κ1) is 16.9. The smallest absolute Gasteiger partial charge is 0.319 e. The van der Waals surface area contributed by atoms with Crippen LogP contribution in [0.1, 0.15) is 13.8 Å². The first-order chi connectivity index (χ1) is 9.93. The van der Waals surface area contributed by atoms with E-state index in [1.165, 1.54) is 7.11 Å². The van der Waals surface area contributed by atoms with E-state index in [9.17, 15) is 9.59 Å². The molecule has 0 aromatic heterocycles. The van der Waals surface area contributed by atoms with Gasteiger partial charge in [0.25, 0.3) is 0 Å². The standard InChI is InChI=1S/C14H22N4O3/c1-9(2)16-14(20)18-12-7-5-4-6-11(12)17-13(19)10(15)8-21-3/h4-7,9-10H,8,15H2,1-3H3,(H,17,19)(H2,16,18,20). The summed E-state index contributed by atoms with van der Waals surface area (Å²) in [5, 5.41) is 8.06. The zero-order valence-corrected chi connectivity index (χ0v) is 12.5. The van der Waals surface area contributed by atoms with Gasteiger partial charge in [-0.1, -0.05) is 12.1 Å². The zero-order chi connectivity index (χ0) is 15.8. The van der Waals surface area contributed by atoms with E-state index in [2.05, 4.69) is 16.0 Å². The normalized spacial score (nSPS) is 11.9. The number of amides is 3. The van der Waals surface area contributed by atoms with Gasteiger partial charge in [-0.25, -0.2) is 4.79 Å². The molecule has 1 rings (SSSR count). The van der Waals surface area contributed by atoms with Crippen LogP contribution in [0.4, 0.5) is 16.2 Å². The number of hydrogen-bond acceptors (Lipinski definition) is 4. The maximum absolute atomic E-state index is 11.9. The fourth-order valence-corrected chi connectivity index (χ4v) is 1.60. The lowest BCUT2D eigenvalue weighted by atomic mass is 10.2. The average Bonchev–Trinajstić information content (AvgIpc) is 2.40. The molecule has 0 heterocycles. The molecule has 0 bridgehead atoms. The van der Waals surface area contributed by atoms with Gasteiger partial charge in [-0.15, -0.1) is 0 Å². The molecule has 1 atom stereocenters. The van der Waals surface area contributed by atoms with Crippen LogP contribution in [0.2, 0.25) is 0 Å². The number of nitrogens with one attached hydrogen (secondary N) is 3. The van der Waals surface area contributed by atoms with Gasteiger partial charge in [-0.3, -0.25) is 4.79 Å². The van der Waals surface area contributed by atoms with Gasteiger partial charge in [0.15, 0.2) is 0 Å². The van der Waals surface area contributed by atoms with E-state index in [-0.39, 0.29) is 24.6 Å². The Morgan fingerprint density at radius 3 is 2.29 bits per heavy atom. The number of anilines is 2. The highest BCUT2D eigenvalue weighted by molar-refractivity contribution is 6.00. The third-order valence-corrected chi connectivity index (χ3v) is 2.54. The monoisotopic (exact) mass is 294 g/mol. The molecular formula is C14H22N4O3. The first-order valence-electron chi connectivity index (χ1n) is 6.66. The number of carbonyl (C=O) groups excluding carboxylic acids is 2. The zero-order valence-electron chi connectivity index (χ0n) is 12.5. The van der Waals surface area contributed by atoms with Crippen LogP contribution in [0.5, 0.6) is 0 Å². The van der Waals surface area contributed by atoms with E-state index in [1.54, 1.807) is 24.3 Å². The van der Waals surface area contributed by atoms with Crippen LogP contribution in [0.25, 0.3) is 0 Å². The highest BCUT2D eigenvalue weighted by Gasteiger charge is 2.15. The molecule has 0 fully saturated rings. The van der Waals surface area contributed by atoms with Crippen molar-refractivity contribution in [1.29, 1.82) is 0 Å². The van der Waals surface area contributed by atoms with Gasteiger partial charge in [-0.05, 0) is 26.0 Å². The minimum Gasteiger partial charge on any atom is -0.383 e. The van der Waals surface area contributed by atoms with E-state index < -0.39 is 6.04 Å². The molecule has 7 nitrogen and oxygen atoms in total. The third kappa shape index (κ3) is 5.80. The van der Waals surface area contributed by atoms with Gasteiger partial charge in [0.2, 0.25) is 5.91 Å². The van der Waals surface area contributed by atoms with Gasteiger partial charge < -0.3 is 26.4 Å². The van der Waals surface area contributed by atoms with Crippen LogP contribution in [0.15, 0.2) is 24.3 Å². The van der Waals surface area contributed by atoms with Gasteiger partial charge in [0.05, 0.1) is 18.0 Å². The van der Waals surface area contributed by atoms with Crippen molar-refractivity contribution in [2.75, 3.05) is 24.4 Å². The van der Waals surface area contributed by atoms with Crippen molar-refractivity contribution in [3.05, 3.63) is 24.3 Å². The molecule has 0 aliphatic carbocycles. The molecule has 0 aliphatic rings. The van der Waals surface area contributed by atoms with E-state index in [0.29, 0.717) is 11.4 Å². The third-order valence-electron chi connectivity index (χ3n) is 2.54. The SMILES string of the molecule is COCC(N)C(=O)Nc1ccccc1NC(=O)NC(C)C. The van der Waals surface area contributed by atoms with Crippen molar-refractivity contribution in [2.45, 2.75) is 25.9 Å². The minimum atomic E-state index is -0.771. The number of para-hydroxylation sites is 2. The molecule has 0 spiro atoms. The number of carbonyl (C=O) groups is 2. The van der Waals surface area contributed by atoms with Crippen molar-refractivity contribution in [3.63, 3.8) is 0 Å². The minimum absolute atomic E-state index is 0.0156. The number of urea groups is 1. The first-order valence-corrected chi connectivity index (χ1v) is 6.66. The second kappa shape index (κ2) is 8.23. The van der Waals surface area contributed by atoms with E-state index in [0.717, 1.165) is 0 Å². The molecule has 116 valence electrons. The highest BCUT2D eigenvalue weighted by atomic mass is 16.5. The molecular weight excluding hydrogens is 272 g/mol. The number of rotatable bonds is 6. The molecule has 0 radical (unpaired) electrons. The fraction of sp³-hybridized carbons (Fsp3) is 0.429. The van der Waals surface area contributed by atoms with Crippen molar-refractivity contribution in [1.82, 2.24) is 5.32 Å². The molecule has 7 heteroatoms. The number of benzene rings is 1. The van der Waals surface area contributed by atoms with Gasteiger partial charge in [0, 0.05) is 13.2 Å². The van der Waals surface area contributed by atoms with Gasteiger partial charge >= 0.3 is 6.03 Å². The quantitative estimate of drug-likeness (QED) is 0.631. The Morgan fingerprint density at radius 1 is 1.19 bits per heavy atom. The maximum Gasteiger partial charge on any atom is 0.319 e. The maximum atomic E-state index is 11.9. The Labute approximate surface area is 124 Å². The molecule has 0 saturated carbocycles.